The molecule has 6 nitrogen and oxygen atoms in total. The van der Waals surface area contributed by atoms with E-state index in [9.17, 15) is 9.59 Å². The Labute approximate surface area is 135 Å². The summed E-state index contributed by atoms with van der Waals surface area (Å²) < 4.78 is 0. The lowest BCUT2D eigenvalue weighted by Gasteiger charge is -2.07. The Hall–Kier alpha value is -2.76. The van der Waals surface area contributed by atoms with E-state index in [-0.39, 0.29) is 17.8 Å². The van der Waals surface area contributed by atoms with Crippen LogP contribution in [0.25, 0.3) is 0 Å². The van der Waals surface area contributed by atoms with Crippen molar-refractivity contribution < 1.29 is 9.59 Å². The molecule has 0 bridgehead atoms. The second-order valence-electron chi connectivity index (χ2n) is 5.30. The van der Waals surface area contributed by atoms with E-state index in [0.29, 0.717) is 17.7 Å². The van der Waals surface area contributed by atoms with Gasteiger partial charge in [-0.15, -0.1) is 0 Å². The lowest BCUT2D eigenvalue weighted by atomic mass is 10.2. The molecule has 0 aliphatic carbocycles. The van der Waals surface area contributed by atoms with Gasteiger partial charge in [0.25, 0.3) is 5.91 Å². The van der Waals surface area contributed by atoms with E-state index in [1.807, 2.05) is 26.8 Å². The number of benzene rings is 1. The zero-order valence-electron chi connectivity index (χ0n) is 13.5. The Morgan fingerprint density at radius 1 is 1.00 bits per heavy atom. The van der Waals surface area contributed by atoms with Crippen LogP contribution in [0.4, 0.5) is 11.6 Å². The van der Waals surface area contributed by atoms with Crippen molar-refractivity contribution in [2.75, 3.05) is 10.6 Å². The van der Waals surface area contributed by atoms with Crippen LogP contribution in [0.2, 0.25) is 0 Å². The topological polar surface area (TPSA) is 84.0 Å². The molecule has 120 valence electrons. The number of aromatic nitrogens is 2. The van der Waals surface area contributed by atoms with Gasteiger partial charge in [-0.2, -0.15) is 0 Å². The molecule has 0 fully saturated rings. The summed E-state index contributed by atoms with van der Waals surface area (Å²) >= 11 is 0. The Kier molecular flexibility index (Phi) is 5.41. The summed E-state index contributed by atoms with van der Waals surface area (Å²) in [6.45, 7) is 5.64. The molecule has 1 aromatic heterocycles. The van der Waals surface area contributed by atoms with E-state index in [2.05, 4.69) is 20.6 Å². The van der Waals surface area contributed by atoms with Crippen LogP contribution in [0.5, 0.6) is 0 Å². The predicted molar refractivity (Wildman–Crippen MR) is 89.4 cm³/mol. The number of anilines is 2. The summed E-state index contributed by atoms with van der Waals surface area (Å²) in [6, 6.07) is 8.54. The van der Waals surface area contributed by atoms with E-state index in [1.165, 1.54) is 0 Å². The molecule has 0 aliphatic heterocycles. The van der Waals surface area contributed by atoms with E-state index in [0.717, 1.165) is 17.8 Å². The molecule has 0 spiro atoms. The summed E-state index contributed by atoms with van der Waals surface area (Å²) in [4.78, 5) is 32.1. The number of carbonyl (C=O) groups excluding carboxylic acids is 2. The normalized spacial score (nSPS) is 10.2. The van der Waals surface area contributed by atoms with Gasteiger partial charge in [-0.1, -0.05) is 6.92 Å². The zero-order chi connectivity index (χ0) is 16.8. The third kappa shape index (κ3) is 4.88. The van der Waals surface area contributed by atoms with E-state index in [4.69, 9.17) is 0 Å². The van der Waals surface area contributed by atoms with Crippen LogP contribution >= 0.6 is 0 Å². The summed E-state index contributed by atoms with van der Waals surface area (Å²) in [5.41, 5.74) is 2.73. The maximum Gasteiger partial charge on any atom is 0.258 e. The molecule has 0 aliphatic rings. The van der Waals surface area contributed by atoms with Crippen LogP contribution < -0.4 is 10.6 Å². The molecule has 2 amide bonds. The van der Waals surface area contributed by atoms with Crippen LogP contribution in [0.3, 0.4) is 0 Å². The van der Waals surface area contributed by atoms with Gasteiger partial charge in [0.15, 0.2) is 0 Å². The second kappa shape index (κ2) is 7.49. The van der Waals surface area contributed by atoms with Crippen LogP contribution in [0, 0.1) is 13.8 Å². The van der Waals surface area contributed by atoms with Gasteiger partial charge in [0.1, 0.15) is 0 Å². The fourth-order valence-corrected chi connectivity index (χ4v) is 2.11. The van der Waals surface area contributed by atoms with Crippen molar-refractivity contribution in [1.29, 1.82) is 0 Å². The number of amides is 2. The van der Waals surface area contributed by atoms with Gasteiger partial charge in [-0.3, -0.25) is 14.9 Å². The lowest BCUT2D eigenvalue weighted by molar-refractivity contribution is -0.116. The van der Waals surface area contributed by atoms with Gasteiger partial charge >= 0.3 is 0 Å². The Morgan fingerprint density at radius 2 is 1.61 bits per heavy atom. The summed E-state index contributed by atoms with van der Waals surface area (Å²) in [5, 5.41) is 5.45. The standard InChI is InChI=1S/C17H20N4O2/c1-4-5-15(22)20-14-8-6-13(7-9-14)16(23)21-17-18-11(2)10-12(3)19-17/h6-10H,4-5H2,1-3H3,(H,20,22)(H,18,19,21,23). The summed E-state index contributed by atoms with van der Waals surface area (Å²) in [7, 11) is 0. The third-order valence-electron chi connectivity index (χ3n) is 3.12. The molecule has 0 saturated carbocycles. The van der Waals surface area contributed by atoms with Crippen molar-refractivity contribution in [1.82, 2.24) is 9.97 Å². The molecular weight excluding hydrogens is 292 g/mol. The fraction of sp³-hybridized carbons (Fsp3) is 0.294. The largest absolute Gasteiger partial charge is 0.326 e. The van der Waals surface area contributed by atoms with Gasteiger partial charge < -0.3 is 5.32 Å². The molecule has 23 heavy (non-hydrogen) atoms. The van der Waals surface area contributed by atoms with Gasteiger partial charge in [0.05, 0.1) is 0 Å². The van der Waals surface area contributed by atoms with Crippen LogP contribution in [-0.2, 0) is 4.79 Å². The number of nitrogens with zero attached hydrogens (tertiary/aromatic N) is 2. The average Bonchev–Trinajstić information content (AvgIpc) is 2.47. The van der Waals surface area contributed by atoms with Gasteiger partial charge in [0.2, 0.25) is 11.9 Å². The molecule has 0 radical (unpaired) electrons. The minimum absolute atomic E-state index is 0.0339. The van der Waals surface area contributed by atoms with E-state index < -0.39 is 0 Å². The molecule has 6 heteroatoms. The van der Waals surface area contributed by atoms with Crippen LogP contribution in [0.1, 0.15) is 41.5 Å². The maximum absolute atomic E-state index is 12.2. The summed E-state index contributed by atoms with van der Waals surface area (Å²) in [5.74, 6) is -0.0393. The SMILES string of the molecule is CCCC(=O)Nc1ccc(C(=O)Nc2nc(C)cc(C)n2)cc1. The third-order valence-corrected chi connectivity index (χ3v) is 3.12. The first-order valence-electron chi connectivity index (χ1n) is 7.51. The van der Waals surface area contributed by atoms with E-state index >= 15 is 0 Å². The molecule has 0 unspecified atom stereocenters. The quantitative estimate of drug-likeness (QED) is 0.888. The first-order chi connectivity index (χ1) is 11.0. The lowest BCUT2D eigenvalue weighted by Crippen LogP contribution is -2.15. The molecule has 2 rings (SSSR count). The zero-order valence-corrected chi connectivity index (χ0v) is 13.5. The number of hydrogen-bond acceptors (Lipinski definition) is 4. The highest BCUT2D eigenvalue weighted by atomic mass is 16.2. The molecular formula is C17H20N4O2. The highest BCUT2D eigenvalue weighted by molar-refractivity contribution is 6.03. The minimum atomic E-state index is -0.290. The van der Waals surface area contributed by atoms with Gasteiger partial charge in [-0.05, 0) is 50.6 Å². The Morgan fingerprint density at radius 3 is 2.17 bits per heavy atom. The molecule has 0 saturated heterocycles. The van der Waals surface area contributed by atoms with Gasteiger partial charge in [-0.25, -0.2) is 9.97 Å². The number of hydrogen-bond donors (Lipinski definition) is 2. The molecule has 0 atom stereocenters. The molecule has 2 aromatic rings. The van der Waals surface area contributed by atoms with Crippen molar-refractivity contribution in [3.63, 3.8) is 0 Å². The van der Waals surface area contributed by atoms with Crippen molar-refractivity contribution in [2.45, 2.75) is 33.6 Å². The predicted octanol–water partition coefficient (Wildman–Crippen LogP) is 3.08. The highest BCUT2D eigenvalue weighted by Gasteiger charge is 2.09. The van der Waals surface area contributed by atoms with Crippen molar-refractivity contribution in [3.05, 3.63) is 47.3 Å². The molecule has 1 heterocycles. The highest BCUT2D eigenvalue weighted by Crippen LogP contribution is 2.12. The van der Waals surface area contributed by atoms with Crippen molar-refractivity contribution in [3.8, 4) is 0 Å². The second-order valence-corrected chi connectivity index (χ2v) is 5.30. The monoisotopic (exact) mass is 312 g/mol. The first kappa shape index (κ1) is 16.6. The Bertz CT molecular complexity index is 691. The number of carbonyl (C=O) groups is 2. The smallest absolute Gasteiger partial charge is 0.258 e. The number of aryl methyl sites for hydroxylation is 2. The first-order valence-corrected chi connectivity index (χ1v) is 7.51. The molecule has 1 aromatic carbocycles. The average molecular weight is 312 g/mol. The minimum Gasteiger partial charge on any atom is -0.326 e. The van der Waals surface area contributed by atoms with Crippen LogP contribution in [-0.4, -0.2) is 21.8 Å². The van der Waals surface area contributed by atoms with Crippen molar-refractivity contribution >= 4 is 23.5 Å². The van der Waals surface area contributed by atoms with Crippen LogP contribution in [0.15, 0.2) is 30.3 Å². The summed E-state index contributed by atoms with van der Waals surface area (Å²) in [6.07, 6.45) is 1.27. The molecule has 2 N–H and O–H groups in total. The van der Waals surface area contributed by atoms with Gasteiger partial charge in [0, 0.05) is 29.1 Å². The number of rotatable bonds is 5. The Balaban J connectivity index is 2.03. The van der Waals surface area contributed by atoms with Crippen molar-refractivity contribution in [2.24, 2.45) is 0 Å². The number of nitrogens with one attached hydrogen (secondary N) is 2. The van der Waals surface area contributed by atoms with E-state index in [1.54, 1.807) is 24.3 Å². The fourth-order valence-electron chi connectivity index (χ4n) is 2.11. The maximum atomic E-state index is 12.2.